The maximum absolute atomic E-state index is 12.5. The molecule has 3 nitrogen and oxygen atoms in total. The lowest BCUT2D eigenvalue weighted by Crippen LogP contribution is -2.42. The van der Waals surface area contributed by atoms with E-state index in [1.54, 1.807) is 0 Å². The minimum atomic E-state index is -0.0129. The second kappa shape index (κ2) is 5.11. The van der Waals surface area contributed by atoms with Gasteiger partial charge in [-0.3, -0.25) is 4.79 Å². The molecule has 1 fully saturated rings. The summed E-state index contributed by atoms with van der Waals surface area (Å²) in [5.74, 6) is 0.149. The van der Waals surface area contributed by atoms with Crippen molar-refractivity contribution in [1.82, 2.24) is 4.90 Å². The van der Waals surface area contributed by atoms with Crippen molar-refractivity contribution in [1.29, 1.82) is 0 Å². The molecule has 1 aliphatic heterocycles. The fraction of sp³-hybridized carbons (Fsp3) is 0.533. The third-order valence-corrected chi connectivity index (χ3v) is 3.75. The molecule has 1 aromatic rings. The van der Waals surface area contributed by atoms with E-state index in [1.165, 1.54) is 0 Å². The molecular weight excluding hydrogens is 224 g/mol. The molecule has 2 N–H and O–H groups in total. The zero-order valence-electron chi connectivity index (χ0n) is 11.3. The molecule has 3 heteroatoms. The quantitative estimate of drug-likeness (QED) is 0.888. The molecule has 0 bridgehead atoms. The van der Waals surface area contributed by atoms with E-state index >= 15 is 0 Å². The van der Waals surface area contributed by atoms with E-state index in [0.29, 0.717) is 6.54 Å². The second-order valence-corrected chi connectivity index (χ2v) is 5.61. The highest BCUT2D eigenvalue weighted by molar-refractivity contribution is 5.95. The highest BCUT2D eigenvalue weighted by atomic mass is 16.2. The Morgan fingerprint density at radius 3 is 2.83 bits per heavy atom. The van der Waals surface area contributed by atoms with Gasteiger partial charge in [0, 0.05) is 17.6 Å². The highest BCUT2D eigenvalue weighted by Crippen LogP contribution is 2.29. The highest BCUT2D eigenvalue weighted by Gasteiger charge is 2.35. The van der Waals surface area contributed by atoms with Crippen LogP contribution in [-0.2, 0) is 6.42 Å². The monoisotopic (exact) mass is 246 g/mol. The number of carbonyl (C=O) groups excluding carboxylic acids is 1. The molecule has 0 spiro atoms. The van der Waals surface area contributed by atoms with Gasteiger partial charge in [-0.1, -0.05) is 12.1 Å². The summed E-state index contributed by atoms with van der Waals surface area (Å²) in [5, 5.41) is 0. The molecule has 0 saturated carbocycles. The van der Waals surface area contributed by atoms with E-state index in [1.807, 2.05) is 29.2 Å². The molecule has 1 heterocycles. The third kappa shape index (κ3) is 2.56. The van der Waals surface area contributed by atoms with Crippen LogP contribution in [0.1, 0.15) is 42.6 Å². The first kappa shape index (κ1) is 13.1. The van der Waals surface area contributed by atoms with Gasteiger partial charge in [0.1, 0.15) is 0 Å². The van der Waals surface area contributed by atoms with Crippen LogP contribution in [0.2, 0.25) is 0 Å². The van der Waals surface area contributed by atoms with Crippen LogP contribution in [-0.4, -0.2) is 29.4 Å². The zero-order valence-corrected chi connectivity index (χ0v) is 11.3. The minimum Gasteiger partial charge on any atom is -0.334 e. The largest absolute Gasteiger partial charge is 0.334 e. The lowest BCUT2D eigenvalue weighted by atomic mass is 10.0. The number of nitrogens with two attached hydrogens (primary N) is 1. The molecule has 2 rings (SSSR count). The van der Waals surface area contributed by atoms with Crippen molar-refractivity contribution >= 4 is 5.91 Å². The summed E-state index contributed by atoms with van der Waals surface area (Å²) >= 11 is 0. The van der Waals surface area contributed by atoms with Gasteiger partial charge in [-0.2, -0.15) is 0 Å². The predicted octanol–water partition coefficient (Wildman–Crippen LogP) is 2.20. The van der Waals surface area contributed by atoms with Crippen LogP contribution in [0.3, 0.4) is 0 Å². The SMILES string of the molecule is CC1(C)CCCN1C(=O)c1cccc(CCN)c1. The lowest BCUT2D eigenvalue weighted by Gasteiger charge is -2.31. The van der Waals surface area contributed by atoms with Crippen LogP contribution in [0.25, 0.3) is 0 Å². The summed E-state index contributed by atoms with van der Waals surface area (Å²) < 4.78 is 0. The molecule has 1 saturated heterocycles. The molecule has 0 radical (unpaired) electrons. The molecule has 1 amide bonds. The Hall–Kier alpha value is -1.35. The average Bonchev–Trinajstić information content (AvgIpc) is 2.69. The van der Waals surface area contributed by atoms with Crippen molar-refractivity contribution in [2.75, 3.05) is 13.1 Å². The van der Waals surface area contributed by atoms with E-state index in [9.17, 15) is 4.79 Å². The first-order chi connectivity index (χ1) is 8.54. The summed E-state index contributed by atoms with van der Waals surface area (Å²) in [6.45, 7) is 5.77. The summed E-state index contributed by atoms with van der Waals surface area (Å²) in [4.78, 5) is 14.5. The first-order valence-electron chi connectivity index (χ1n) is 6.65. The number of benzene rings is 1. The van der Waals surface area contributed by atoms with Crippen molar-refractivity contribution in [2.24, 2.45) is 5.73 Å². The molecule has 1 aromatic carbocycles. The van der Waals surface area contributed by atoms with Gasteiger partial charge >= 0.3 is 0 Å². The van der Waals surface area contributed by atoms with Gasteiger partial charge in [-0.05, 0) is 57.4 Å². The van der Waals surface area contributed by atoms with Gasteiger partial charge in [-0.25, -0.2) is 0 Å². The Morgan fingerprint density at radius 2 is 2.22 bits per heavy atom. The minimum absolute atomic E-state index is 0.0129. The number of hydrogen-bond acceptors (Lipinski definition) is 2. The molecule has 18 heavy (non-hydrogen) atoms. The normalized spacial score (nSPS) is 18.1. The van der Waals surface area contributed by atoms with Gasteiger partial charge in [0.25, 0.3) is 5.91 Å². The molecule has 98 valence electrons. The van der Waals surface area contributed by atoms with Crippen LogP contribution in [0.4, 0.5) is 0 Å². The Morgan fingerprint density at radius 1 is 1.44 bits per heavy atom. The van der Waals surface area contributed by atoms with Crippen molar-refractivity contribution in [3.8, 4) is 0 Å². The van der Waals surface area contributed by atoms with Gasteiger partial charge in [-0.15, -0.1) is 0 Å². The Balaban J connectivity index is 2.20. The number of hydrogen-bond donors (Lipinski definition) is 1. The van der Waals surface area contributed by atoms with E-state index in [-0.39, 0.29) is 11.4 Å². The molecule has 0 unspecified atom stereocenters. The average molecular weight is 246 g/mol. The first-order valence-corrected chi connectivity index (χ1v) is 6.65. The number of rotatable bonds is 3. The van der Waals surface area contributed by atoms with Crippen LogP contribution >= 0.6 is 0 Å². The fourth-order valence-electron chi connectivity index (χ4n) is 2.67. The van der Waals surface area contributed by atoms with Crippen molar-refractivity contribution in [3.63, 3.8) is 0 Å². The Labute approximate surface area is 109 Å². The van der Waals surface area contributed by atoms with Crippen LogP contribution in [0.15, 0.2) is 24.3 Å². The number of amides is 1. The summed E-state index contributed by atoms with van der Waals surface area (Å²) in [6.07, 6.45) is 3.01. The Bertz CT molecular complexity index is 440. The van der Waals surface area contributed by atoms with Crippen molar-refractivity contribution in [2.45, 2.75) is 38.6 Å². The van der Waals surface area contributed by atoms with E-state index in [0.717, 1.165) is 36.9 Å². The van der Waals surface area contributed by atoms with Crippen molar-refractivity contribution < 1.29 is 4.79 Å². The molecular formula is C15H22N2O. The maximum Gasteiger partial charge on any atom is 0.254 e. The molecule has 0 aromatic heterocycles. The lowest BCUT2D eigenvalue weighted by molar-refractivity contribution is 0.0652. The number of nitrogens with zero attached hydrogens (tertiary/aromatic N) is 1. The fourth-order valence-corrected chi connectivity index (χ4v) is 2.67. The summed E-state index contributed by atoms with van der Waals surface area (Å²) in [5.41, 5.74) is 7.47. The second-order valence-electron chi connectivity index (χ2n) is 5.61. The third-order valence-electron chi connectivity index (χ3n) is 3.75. The zero-order chi connectivity index (χ0) is 13.2. The van der Waals surface area contributed by atoms with E-state index in [2.05, 4.69) is 13.8 Å². The maximum atomic E-state index is 12.5. The van der Waals surface area contributed by atoms with Gasteiger partial charge in [0.2, 0.25) is 0 Å². The van der Waals surface area contributed by atoms with E-state index < -0.39 is 0 Å². The van der Waals surface area contributed by atoms with Gasteiger partial charge < -0.3 is 10.6 Å². The summed E-state index contributed by atoms with van der Waals surface area (Å²) in [6, 6.07) is 7.85. The molecule has 0 aliphatic carbocycles. The standard InChI is InChI=1S/C15H22N2O/c1-15(2)8-4-10-17(15)14(18)13-6-3-5-12(11-13)7-9-16/h3,5-6,11H,4,7-10,16H2,1-2H3. The van der Waals surface area contributed by atoms with Crippen LogP contribution in [0, 0.1) is 0 Å². The number of likely N-dealkylation sites (tertiary alicyclic amines) is 1. The topological polar surface area (TPSA) is 46.3 Å². The summed E-state index contributed by atoms with van der Waals surface area (Å²) in [7, 11) is 0. The van der Waals surface area contributed by atoms with Crippen molar-refractivity contribution in [3.05, 3.63) is 35.4 Å². The van der Waals surface area contributed by atoms with Crippen LogP contribution < -0.4 is 5.73 Å². The number of carbonyl (C=O) groups is 1. The Kier molecular flexibility index (Phi) is 3.71. The molecule has 0 atom stereocenters. The van der Waals surface area contributed by atoms with Crippen LogP contribution in [0.5, 0.6) is 0 Å². The van der Waals surface area contributed by atoms with Gasteiger partial charge in [0.15, 0.2) is 0 Å². The van der Waals surface area contributed by atoms with E-state index in [4.69, 9.17) is 5.73 Å². The smallest absolute Gasteiger partial charge is 0.254 e. The van der Waals surface area contributed by atoms with Gasteiger partial charge in [0.05, 0.1) is 0 Å². The molecule has 1 aliphatic rings. The predicted molar refractivity (Wildman–Crippen MR) is 73.5 cm³/mol.